The highest BCUT2D eigenvalue weighted by Crippen LogP contribution is 2.26. The second-order valence-corrected chi connectivity index (χ2v) is 6.23. The predicted octanol–water partition coefficient (Wildman–Crippen LogP) is 4.17. The van der Waals surface area contributed by atoms with Crippen molar-refractivity contribution in [3.8, 4) is 0 Å². The van der Waals surface area contributed by atoms with Crippen LogP contribution < -0.4 is 10.6 Å². The van der Waals surface area contributed by atoms with Crippen LogP contribution in [0, 0.1) is 6.92 Å². The number of benzene rings is 2. The van der Waals surface area contributed by atoms with Gasteiger partial charge in [0.15, 0.2) is 0 Å². The smallest absolute Gasteiger partial charge is 0.0426 e. The first-order chi connectivity index (χ1) is 9.95. The Labute approximate surface area is 132 Å². The summed E-state index contributed by atoms with van der Waals surface area (Å²) in [5.41, 5.74) is 10.9. The van der Waals surface area contributed by atoms with Crippen molar-refractivity contribution in [1.82, 2.24) is 0 Å². The summed E-state index contributed by atoms with van der Waals surface area (Å²) in [5, 5.41) is 0.759. The summed E-state index contributed by atoms with van der Waals surface area (Å²) in [5.74, 6) is 0. The fourth-order valence-corrected chi connectivity index (χ4v) is 2.63. The average molecular weight is 303 g/mol. The van der Waals surface area contributed by atoms with Gasteiger partial charge in [-0.2, -0.15) is 0 Å². The molecular weight excluding hydrogens is 280 g/mol. The fraction of sp³-hybridized carbons (Fsp3) is 0.333. The molecule has 112 valence electrons. The van der Waals surface area contributed by atoms with Crippen LogP contribution in [0.1, 0.15) is 23.6 Å². The van der Waals surface area contributed by atoms with E-state index in [0.717, 1.165) is 23.7 Å². The number of nitrogens with zero attached hydrogens (tertiary/aromatic N) is 1. The molecule has 0 aromatic heterocycles. The van der Waals surface area contributed by atoms with Gasteiger partial charge < -0.3 is 10.6 Å². The van der Waals surface area contributed by atoms with E-state index in [0.29, 0.717) is 0 Å². The molecule has 0 heterocycles. The summed E-state index contributed by atoms with van der Waals surface area (Å²) < 4.78 is 0. The first-order valence-electron chi connectivity index (χ1n) is 7.26. The second kappa shape index (κ2) is 6.97. The van der Waals surface area contributed by atoms with E-state index in [1.165, 1.54) is 16.7 Å². The van der Waals surface area contributed by atoms with Gasteiger partial charge in [0.2, 0.25) is 0 Å². The van der Waals surface area contributed by atoms with Crippen molar-refractivity contribution in [2.75, 3.05) is 11.9 Å². The second-order valence-electron chi connectivity index (χ2n) is 5.80. The summed E-state index contributed by atoms with van der Waals surface area (Å²) >= 11 is 6.16. The molecule has 0 aliphatic carbocycles. The van der Waals surface area contributed by atoms with E-state index in [9.17, 15) is 0 Å². The molecule has 1 unspecified atom stereocenters. The van der Waals surface area contributed by atoms with Gasteiger partial charge in [-0.05, 0) is 43.5 Å². The molecule has 21 heavy (non-hydrogen) atoms. The molecule has 0 spiro atoms. The van der Waals surface area contributed by atoms with Gasteiger partial charge in [-0.3, -0.25) is 0 Å². The van der Waals surface area contributed by atoms with Crippen LogP contribution in [0.4, 0.5) is 5.69 Å². The summed E-state index contributed by atoms with van der Waals surface area (Å²) in [7, 11) is 2.09. The van der Waals surface area contributed by atoms with Crippen molar-refractivity contribution in [3.63, 3.8) is 0 Å². The Bertz CT molecular complexity index is 591. The Balaban J connectivity index is 2.22. The largest absolute Gasteiger partial charge is 0.370 e. The van der Waals surface area contributed by atoms with Crippen molar-refractivity contribution in [2.45, 2.75) is 32.9 Å². The van der Waals surface area contributed by atoms with E-state index in [-0.39, 0.29) is 6.04 Å². The molecule has 0 aliphatic rings. The number of anilines is 1. The lowest BCUT2D eigenvalue weighted by Gasteiger charge is -2.24. The molecule has 2 nitrogen and oxygen atoms in total. The van der Waals surface area contributed by atoms with Gasteiger partial charge in [0, 0.05) is 30.3 Å². The molecule has 0 bridgehead atoms. The SMILES string of the molecule is Cc1ccc(CN(C)c2cc(Cl)ccc2CC(C)N)cc1. The summed E-state index contributed by atoms with van der Waals surface area (Å²) in [6.45, 7) is 4.98. The van der Waals surface area contributed by atoms with E-state index in [1.54, 1.807) is 0 Å². The Kier molecular flexibility index (Phi) is 5.27. The van der Waals surface area contributed by atoms with Gasteiger partial charge in [0.1, 0.15) is 0 Å². The van der Waals surface area contributed by atoms with Crippen LogP contribution in [-0.4, -0.2) is 13.1 Å². The lowest BCUT2D eigenvalue weighted by Crippen LogP contribution is -2.22. The van der Waals surface area contributed by atoms with Crippen LogP contribution in [0.3, 0.4) is 0 Å². The standard InChI is InChI=1S/C18H23ClN2/c1-13-4-6-15(7-5-13)12-21(3)18-11-17(19)9-8-16(18)10-14(2)20/h4-9,11,14H,10,12,20H2,1-3H3. The average Bonchev–Trinajstić information content (AvgIpc) is 2.43. The molecule has 0 saturated carbocycles. The summed E-state index contributed by atoms with van der Waals surface area (Å²) in [6.07, 6.45) is 0.852. The zero-order valence-corrected chi connectivity index (χ0v) is 13.7. The number of halogens is 1. The Morgan fingerprint density at radius 1 is 1.14 bits per heavy atom. The summed E-state index contributed by atoms with van der Waals surface area (Å²) in [4.78, 5) is 2.23. The first kappa shape index (κ1) is 15.9. The number of nitrogens with two attached hydrogens (primary N) is 1. The van der Waals surface area contributed by atoms with Crippen LogP contribution in [-0.2, 0) is 13.0 Å². The minimum absolute atomic E-state index is 0.137. The van der Waals surface area contributed by atoms with Crippen LogP contribution in [0.15, 0.2) is 42.5 Å². The van der Waals surface area contributed by atoms with Crippen LogP contribution in [0.5, 0.6) is 0 Å². The van der Waals surface area contributed by atoms with Crippen molar-refractivity contribution < 1.29 is 0 Å². The van der Waals surface area contributed by atoms with E-state index in [2.05, 4.69) is 49.2 Å². The van der Waals surface area contributed by atoms with Gasteiger partial charge >= 0.3 is 0 Å². The number of hydrogen-bond acceptors (Lipinski definition) is 2. The van der Waals surface area contributed by atoms with E-state index >= 15 is 0 Å². The van der Waals surface area contributed by atoms with Gasteiger partial charge in [-0.25, -0.2) is 0 Å². The van der Waals surface area contributed by atoms with Crippen molar-refractivity contribution in [2.24, 2.45) is 5.73 Å². The monoisotopic (exact) mass is 302 g/mol. The van der Waals surface area contributed by atoms with Gasteiger partial charge in [-0.1, -0.05) is 47.5 Å². The molecule has 0 aliphatic heterocycles. The fourth-order valence-electron chi connectivity index (χ4n) is 2.46. The number of rotatable bonds is 5. The maximum atomic E-state index is 6.16. The third kappa shape index (κ3) is 4.48. The number of hydrogen-bond donors (Lipinski definition) is 1. The highest BCUT2D eigenvalue weighted by atomic mass is 35.5. The molecule has 1 atom stereocenters. The van der Waals surface area contributed by atoms with Crippen LogP contribution >= 0.6 is 11.6 Å². The third-order valence-electron chi connectivity index (χ3n) is 3.54. The van der Waals surface area contributed by atoms with Crippen molar-refractivity contribution >= 4 is 17.3 Å². The van der Waals surface area contributed by atoms with E-state index in [4.69, 9.17) is 17.3 Å². The maximum Gasteiger partial charge on any atom is 0.0426 e. The quantitative estimate of drug-likeness (QED) is 0.898. The Hall–Kier alpha value is -1.51. The van der Waals surface area contributed by atoms with Crippen LogP contribution in [0.25, 0.3) is 0 Å². The van der Waals surface area contributed by atoms with Crippen molar-refractivity contribution in [1.29, 1.82) is 0 Å². The van der Waals surface area contributed by atoms with Gasteiger partial charge in [-0.15, -0.1) is 0 Å². The van der Waals surface area contributed by atoms with E-state index in [1.807, 2.05) is 19.1 Å². The highest BCUT2D eigenvalue weighted by Gasteiger charge is 2.10. The van der Waals surface area contributed by atoms with Crippen molar-refractivity contribution in [3.05, 3.63) is 64.2 Å². The molecule has 2 N–H and O–H groups in total. The molecule has 0 radical (unpaired) electrons. The maximum absolute atomic E-state index is 6.16. The Morgan fingerprint density at radius 3 is 2.43 bits per heavy atom. The minimum atomic E-state index is 0.137. The predicted molar refractivity (Wildman–Crippen MR) is 92.1 cm³/mol. The third-order valence-corrected chi connectivity index (χ3v) is 3.78. The zero-order valence-electron chi connectivity index (χ0n) is 12.9. The topological polar surface area (TPSA) is 29.3 Å². The van der Waals surface area contributed by atoms with Gasteiger partial charge in [0.25, 0.3) is 0 Å². The molecule has 0 fully saturated rings. The number of aryl methyl sites for hydroxylation is 1. The lowest BCUT2D eigenvalue weighted by atomic mass is 10.0. The Morgan fingerprint density at radius 2 is 1.81 bits per heavy atom. The first-order valence-corrected chi connectivity index (χ1v) is 7.64. The molecule has 2 rings (SSSR count). The minimum Gasteiger partial charge on any atom is -0.370 e. The van der Waals surface area contributed by atoms with E-state index < -0.39 is 0 Å². The molecule has 3 heteroatoms. The lowest BCUT2D eigenvalue weighted by molar-refractivity contribution is 0.734. The molecule has 2 aromatic rings. The highest BCUT2D eigenvalue weighted by molar-refractivity contribution is 6.30. The molecular formula is C18H23ClN2. The zero-order chi connectivity index (χ0) is 15.4. The summed E-state index contributed by atoms with van der Waals surface area (Å²) in [6, 6.07) is 14.8. The van der Waals surface area contributed by atoms with Gasteiger partial charge in [0.05, 0.1) is 0 Å². The molecule has 0 amide bonds. The molecule has 2 aromatic carbocycles. The molecule has 0 saturated heterocycles. The van der Waals surface area contributed by atoms with Crippen LogP contribution in [0.2, 0.25) is 5.02 Å². The normalized spacial score (nSPS) is 12.2.